The number of fused-ring (bicyclic) bond motifs is 1. The van der Waals surface area contributed by atoms with Crippen molar-refractivity contribution < 1.29 is 0 Å². The first kappa shape index (κ1) is 8.68. The van der Waals surface area contributed by atoms with Gasteiger partial charge in [-0.1, -0.05) is 30.3 Å². The molecule has 1 aromatic carbocycles. The summed E-state index contributed by atoms with van der Waals surface area (Å²) in [5, 5.41) is 3.49. The first-order valence-corrected chi connectivity index (χ1v) is 5.24. The van der Waals surface area contributed by atoms with Crippen LogP contribution >= 0.6 is 0 Å². The van der Waals surface area contributed by atoms with Gasteiger partial charge in [-0.25, -0.2) is 4.98 Å². The molecule has 2 heterocycles. The lowest BCUT2D eigenvalue weighted by atomic mass is 10.1. The molecule has 3 rings (SSSR count). The van der Waals surface area contributed by atoms with E-state index in [0.29, 0.717) is 0 Å². The van der Waals surface area contributed by atoms with Crippen LogP contribution in [-0.2, 0) is 6.54 Å². The Hall–Kier alpha value is -1.61. The molecule has 0 spiro atoms. The van der Waals surface area contributed by atoms with Gasteiger partial charge in [0, 0.05) is 25.5 Å². The van der Waals surface area contributed by atoms with Crippen molar-refractivity contribution in [3.63, 3.8) is 0 Å². The molecule has 2 aromatic rings. The van der Waals surface area contributed by atoms with Crippen molar-refractivity contribution in [2.45, 2.75) is 12.6 Å². The van der Waals surface area contributed by atoms with Gasteiger partial charge >= 0.3 is 0 Å². The van der Waals surface area contributed by atoms with Gasteiger partial charge in [-0.2, -0.15) is 0 Å². The molecule has 3 heteroatoms. The molecule has 1 aromatic heterocycles. The van der Waals surface area contributed by atoms with Gasteiger partial charge in [0.1, 0.15) is 5.82 Å². The van der Waals surface area contributed by atoms with E-state index in [9.17, 15) is 0 Å². The van der Waals surface area contributed by atoms with E-state index in [-0.39, 0.29) is 6.04 Å². The summed E-state index contributed by atoms with van der Waals surface area (Å²) in [6.45, 7) is 2.02. The molecule has 15 heavy (non-hydrogen) atoms. The molecule has 0 aliphatic carbocycles. The lowest BCUT2D eigenvalue weighted by Gasteiger charge is -2.25. The van der Waals surface area contributed by atoms with Crippen LogP contribution < -0.4 is 5.32 Å². The standard InChI is InChI=1S/C12H13N3/c1-2-4-10(5-3-1)11-12-14-7-9-15(12)8-6-13-11/h1-5,7,9,11,13H,6,8H2. The van der Waals surface area contributed by atoms with Crippen LogP contribution in [0.25, 0.3) is 0 Å². The van der Waals surface area contributed by atoms with Gasteiger partial charge in [0.15, 0.2) is 0 Å². The largest absolute Gasteiger partial charge is 0.332 e. The van der Waals surface area contributed by atoms with E-state index < -0.39 is 0 Å². The molecule has 1 atom stereocenters. The van der Waals surface area contributed by atoms with Crippen molar-refractivity contribution in [1.29, 1.82) is 0 Å². The maximum Gasteiger partial charge on any atom is 0.130 e. The van der Waals surface area contributed by atoms with E-state index in [1.54, 1.807) is 0 Å². The first-order chi connectivity index (χ1) is 7.45. The van der Waals surface area contributed by atoms with E-state index in [2.05, 4.69) is 39.1 Å². The zero-order valence-corrected chi connectivity index (χ0v) is 8.43. The number of imidazole rings is 1. The fourth-order valence-electron chi connectivity index (χ4n) is 2.10. The molecule has 0 radical (unpaired) electrons. The lowest BCUT2D eigenvalue weighted by molar-refractivity contribution is 0.456. The number of nitrogens with one attached hydrogen (secondary N) is 1. The van der Waals surface area contributed by atoms with Crippen LogP contribution in [0.5, 0.6) is 0 Å². The van der Waals surface area contributed by atoms with E-state index in [0.717, 1.165) is 18.9 Å². The van der Waals surface area contributed by atoms with E-state index in [1.165, 1.54) is 5.56 Å². The minimum Gasteiger partial charge on any atom is -0.332 e. The highest BCUT2D eigenvalue weighted by Crippen LogP contribution is 2.22. The Morgan fingerprint density at radius 1 is 1.27 bits per heavy atom. The van der Waals surface area contributed by atoms with Gasteiger partial charge in [0.25, 0.3) is 0 Å². The summed E-state index contributed by atoms with van der Waals surface area (Å²) in [7, 11) is 0. The number of nitrogens with zero attached hydrogens (tertiary/aromatic N) is 2. The average Bonchev–Trinajstić information content (AvgIpc) is 2.78. The zero-order chi connectivity index (χ0) is 10.1. The fraction of sp³-hybridized carbons (Fsp3) is 0.250. The highest BCUT2D eigenvalue weighted by molar-refractivity contribution is 5.26. The van der Waals surface area contributed by atoms with Crippen LogP contribution in [0.4, 0.5) is 0 Å². The predicted octanol–water partition coefficient (Wildman–Crippen LogP) is 1.58. The molecular weight excluding hydrogens is 186 g/mol. The van der Waals surface area contributed by atoms with Gasteiger partial charge in [0.05, 0.1) is 6.04 Å². The van der Waals surface area contributed by atoms with Crippen molar-refractivity contribution in [2.75, 3.05) is 6.54 Å². The molecular formula is C12H13N3. The lowest BCUT2D eigenvalue weighted by Crippen LogP contribution is -2.34. The third kappa shape index (κ3) is 1.45. The quantitative estimate of drug-likeness (QED) is 0.755. The molecule has 3 nitrogen and oxygen atoms in total. The Bertz CT molecular complexity index is 447. The molecule has 0 saturated heterocycles. The van der Waals surface area contributed by atoms with Gasteiger partial charge in [0.2, 0.25) is 0 Å². The van der Waals surface area contributed by atoms with Gasteiger partial charge in [-0.3, -0.25) is 0 Å². The molecule has 0 saturated carbocycles. The van der Waals surface area contributed by atoms with Crippen LogP contribution in [-0.4, -0.2) is 16.1 Å². The zero-order valence-electron chi connectivity index (χ0n) is 8.43. The number of aromatic nitrogens is 2. The maximum absolute atomic E-state index is 4.42. The van der Waals surface area contributed by atoms with E-state index in [4.69, 9.17) is 0 Å². The van der Waals surface area contributed by atoms with Crippen molar-refractivity contribution >= 4 is 0 Å². The molecule has 0 amide bonds. The number of rotatable bonds is 1. The summed E-state index contributed by atoms with van der Waals surface area (Å²) in [4.78, 5) is 4.42. The summed E-state index contributed by atoms with van der Waals surface area (Å²) in [5.41, 5.74) is 1.28. The summed E-state index contributed by atoms with van der Waals surface area (Å²) >= 11 is 0. The molecule has 1 aliphatic rings. The minimum absolute atomic E-state index is 0.245. The van der Waals surface area contributed by atoms with Crippen LogP contribution in [0.2, 0.25) is 0 Å². The van der Waals surface area contributed by atoms with Crippen molar-refractivity contribution in [2.24, 2.45) is 0 Å². The third-order valence-corrected chi connectivity index (χ3v) is 2.84. The molecule has 0 bridgehead atoms. The van der Waals surface area contributed by atoms with Gasteiger partial charge in [-0.05, 0) is 5.56 Å². The normalized spacial score (nSPS) is 19.9. The second-order valence-electron chi connectivity index (χ2n) is 3.78. The summed E-state index contributed by atoms with van der Waals surface area (Å²) in [6.07, 6.45) is 3.92. The van der Waals surface area contributed by atoms with Gasteiger partial charge < -0.3 is 9.88 Å². The highest BCUT2D eigenvalue weighted by atomic mass is 15.2. The average molecular weight is 199 g/mol. The molecule has 76 valence electrons. The summed E-state index contributed by atoms with van der Waals surface area (Å²) in [6, 6.07) is 10.7. The topological polar surface area (TPSA) is 29.9 Å². The predicted molar refractivity (Wildman–Crippen MR) is 58.5 cm³/mol. The van der Waals surface area contributed by atoms with E-state index in [1.807, 2.05) is 18.5 Å². The Balaban J connectivity index is 2.03. The first-order valence-electron chi connectivity index (χ1n) is 5.24. The molecule has 1 aliphatic heterocycles. The van der Waals surface area contributed by atoms with Crippen LogP contribution in [0.1, 0.15) is 17.4 Å². The second-order valence-corrected chi connectivity index (χ2v) is 3.78. The van der Waals surface area contributed by atoms with Crippen LogP contribution in [0.15, 0.2) is 42.7 Å². The Morgan fingerprint density at radius 3 is 3.00 bits per heavy atom. The third-order valence-electron chi connectivity index (χ3n) is 2.84. The Labute approximate surface area is 88.8 Å². The Kier molecular flexibility index (Phi) is 2.03. The number of hydrogen-bond acceptors (Lipinski definition) is 2. The molecule has 1 unspecified atom stereocenters. The fourth-order valence-corrected chi connectivity index (χ4v) is 2.10. The van der Waals surface area contributed by atoms with Gasteiger partial charge in [-0.15, -0.1) is 0 Å². The van der Waals surface area contributed by atoms with Crippen molar-refractivity contribution in [3.05, 3.63) is 54.1 Å². The highest BCUT2D eigenvalue weighted by Gasteiger charge is 2.21. The van der Waals surface area contributed by atoms with Crippen LogP contribution in [0.3, 0.4) is 0 Å². The maximum atomic E-state index is 4.42. The van der Waals surface area contributed by atoms with Crippen molar-refractivity contribution in [1.82, 2.24) is 14.9 Å². The molecule has 0 fully saturated rings. The SMILES string of the molecule is c1ccc(C2NCCn3ccnc32)cc1. The van der Waals surface area contributed by atoms with Crippen molar-refractivity contribution in [3.8, 4) is 0 Å². The summed E-state index contributed by atoms with van der Waals surface area (Å²) in [5.74, 6) is 1.12. The minimum atomic E-state index is 0.245. The monoisotopic (exact) mass is 199 g/mol. The molecule has 1 N–H and O–H groups in total. The number of benzene rings is 1. The summed E-state index contributed by atoms with van der Waals surface area (Å²) < 4.78 is 2.22. The Morgan fingerprint density at radius 2 is 2.13 bits per heavy atom. The smallest absolute Gasteiger partial charge is 0.130 e. The van der Waals surface area contributed by atoms with E-state index >= 15 is 0 Å². The number of hydrogen-bond donors (Lipinski definition) is 1. The van der Waals surface area contributed by atoms with Crippen LogP contribution in [0, 0.1) is 0 Å². The second kappa shape index (κ2) is 3.51.